The molecule has 0 spiro atoms. The van der Waals surface area contributed by atoms with Crippen LogP contribution in [0.1, 0.15) is 33.1 Å². The van der Waals surface area contributed by atoms with Gasteiger partial charge in [-0.25, -0.2) is 0 Å². The highest BCUT2D eigenvalue weighted by Gasteiger charge is 2.37. The van der Waals surface area contributed by atoms with Crippen molar-refractivity contribution < 1.29 is 28.8 Å². The predicted molar refractivity (Wildman–Crippen MR) is 113 cm³/mol. The number of nitrogens with zero attached hydrogens (tertiary/aromatic N) is 1. The third kappa shape index (κ3) is 4.08. The molecule has 7 nitrogen and oxygen atoms in total. The summed E-state index contributed by atoms with van der Waals surface area (Å²) < 4.78 is 22.0. The molecule has 30 heavy (non-hydrogen) atoms. The molecule has 3 rings (SSSR count). The second-order valence-electron chi connectivity index (χ2n) is 7.29. The summed E-state index contributed by atoms with van der Waals surface area (Å²) in [5, 5.41) is 9.94. The van der Waals surface area contributed by atoms with Crippen molar-refractivity contribution in [3.63, 3.8) is 0 Å². The second kappa shape index (κ2) is 9.36. The number of carbonyl (C=O) groups excluding carboxylic acids is 1. The summed E-state index contributed by atoms with van der Waals surface area (Å²) in [5.41, 5.74) is 3.18. The van der Waals surface area contributed by atoms with Crippen LogP contribution in [0.5, 0.6) is 17.2 Å². The molecule has 162 valence electrons. The number of morpholine rings is 1. The van der Waals surface area contributed by atoms with Gasteiger partial charge in [0.1, 0.15) is 11.9 Å². The van der Waals surface area contributed by atoms with E-state index in [9.17, 15) is 9.90 Å². The number of methoxy groups -OCH3 is 3. The molecule has 2 unspecified atom stereocenters. The molecule has 1 amide bonds. The van der Waals surface area contributed by atoms with Gasteiger partial charge in [0.25, 0.3) is 5.91 Å². The van der Waals surface area contributed by atoms with Crippen LogP contribution >= 0.6 is 0 Å². The van der Waals surface area contributed by atoms with Gasteiger partial charge < -0.3 is 29.0 Å². The van der Waals surface area contributed by atoms with E-state index in [1.165, 1.54) is 0 Å². The van der Waals surface area contributed by atoms with Gasteiger partial charge in [0.2, 0.25) is 0 Å². The Bertz CT molecular complexity index is 890. The van der Waals surface area contributed by atoms with Crippen LogP contribution < -0.4 is 14.2 Å². The minimum atomic E-state index is -0.541. The molecular formula is C23H29NO6. The number of aliphatic hydroxyl groups is 1. The van der Waals surface area contributed by atoms with Gasteiger partial charge in [-0.2, -0.15) is 0 Å². The Morgan fingerprint density at radius 2 is 1.73 bits per heavy atom. The lowest BCUT2D eigenvalue weighted by molar-refractivity contribution is -0.0811. The predicted octanol–water partition coefficient (Wildman–Crippen LogP) is 2.90. The Morgan fingerprint density at radius 3 is 2.30 bits per heavy atom. The van der Waals surface area contributed by atoms with Crippen LogP contribution in [0.2, 0.25) is 0 Å². The maximum Gasteiger partial charge on any atom is 0.254 e. The van der Waals surface area contributed by atoms with E-state index in [1.54, 1.807) is 32.3 Å². The quantitative estimate of drug-likeness (QED) is 0.782. The number of benzene rings is 2. The lowest BCUT2D eigenvalue weighted by Crippen LogP contribution is -2.49. The summed E-state index contributed by atoms with van der Waals surface area (Å²) in [4.78, 5) is 15.3. The highest BCUT2D eigenvalue weighted by Crippen LogP contribution is 2.36. The second-order valence-corrected chi connectivity index (χ2v) is 7.29. The van der Waals surface area contributed by atoms with Gasteiger partial charge in [-0.3, -0.25) is 4.79 Å². The standard InChI is InChI=1S/C23H29NO6/c1-14-10-17(11-15(2)22(14)29-5)23(26)24-8-9-30-20(13-25)21(24)16-6-7-18(27-3)19(12-16)28-4/h6-7,10-12,20-21,25H,8-9,13H2,1-5H3. The molecule has 2 atom stereocenters. The highest BCUT2D eigenvalue weighted by atomic mass is 16.5. The minimum absolute atomic E-state index is 0.120. The SMILES string of the molecule is COc1ccc(C2C(CO)OCCN2C(=O)c2cc(C)c(OC)c(C)c2)cc1OC. The van der Waals surface area contributed by atoms with Crippen molar-refractivity contribution in [2.24, 2.45) is 0 Å². The van der Waals surface area contributed by atoms with Gasteiger partial charge in [-0.1, -0.05) is 6.07 Å². The molecule has 0 aromatic heterocycles. The van der Waals surface area contributed by atoms with Crippen molar-refractivity contribution >= 4 is 5.91 Å². The number of rotatable bonds is 6. The number of hydrogen-bond acceptors (Lipinski definition) is 6. The first-order valence-electron chi connectivity index (χ1n) is 9.85. The fourth-order valence-corrected chi connectivity index (χ4v) is 4.11. The molecule has 1 fully saturated rings. The number of ether oxygens (including phenoxy) is 4. The van der Waals surface area contributed by atoms with E-state index >= 15 is 0 Å². The van der Waals surface area contributed by atoms with Crippen LogP contribution in [0.15, 0.2) is 30.3 Å². The normalized spacial score (nSPS) is 18.8. The molecule has 0 saturated carbocycles. The molecule has 0 radical (unpaired) electrons. The molecule has 1 aliphatic rings. The Labute approximate surface area is 177 Å². The average Bonchev–Trinajstić information content (AvgIpc) is 2.77. The summed E-state index contributed by atoms with van der Waals surface area (Å²) in [6.07, 6.45) is -0.541. The van der Waals surface area contributed by atoms with E-state index in [4.69, 9.17) is 18.9 Å². The molecule has 0 bridgehead atoms. The van der Waals surface area contributed by atoms with Gasteiger partial charge >= 0.3 is 0 Å². The zero-order valence-electron chi connectivity index (χ0n) is 18.1. The highest BCUT2D eigenvalue weighted by molar-refractivity contribution is 5.95. The van der Waals surface area contributed by atoms with Crippen LogP contribution in [0.25, 0.3) is 0 Å². The first kappa shape index (κ1) is 21.9. The summed E-state index contributed by atoms with van der Waals surface area (Å²) >= 11 is 0. The van der Waals surface area contributed by atoms with Crippen molar-refractivity contribution in [3.8, 4) is 17.2 Å². The zero-order valence-corrected chi connectivity index (χ0v) is 18.1. The lowest BCUT2D eigenvalue weighted by Gasteiger charge is -2.41. The van der Waals surface area contributed by atoms with Crippen molar-refractivity contribution in [2.75, 3.05) is 41.1 Å². The molecule has 7 heteroatoms. The van der Waals surface area contributed by atoms with E-state index in [0.29, 0.717) is 30.2 Å². The molecule has 2 aromatic rings. The molecule has 1 aliphatic heterocycles. The summed E-state index contributed by atoms with van der Waals surface area (Å²) in [6, 6.07) is 8.70. The van der Waals surface area contributed by atoms with Crippen molar-refractivity contribution in [1.82, 2.24) is 4.90 Å². The summed E-state index contributed by atoms with van der Waals surface area (Å²) in [5.74, 6) is 1.81. The average molecular weight is 415 g/mol. The molecule has 1 heterocycles. The molecule has 1 N–H and O–H groups in total. The number of hydrogen-bond donors (Lipinski definition) is 1. The number of carbonyl (C=O) groups is 1. The van der Waals surface area contributed by atoms with E-state index < -0.39 is 12.1 Å². The zero-order chi connectivity index (χ0) is 21.8. The van der Waals surface area contributed by atoms with Crippen LogP contribution in [0.4, 0.5) is 0 Å². The van der Waals surface area contributed by atoms with Crippen molar-refractivity contribution in [3.05, 3.63) is 52.6 Å². The maximum absolute atomic E-state index is 13.5. The molecule has 1 saturated heterocycles. The van der Waals surface area contributed by atoms with Crippen LogP contribution in [-0.2, 0) is 4.74 Å². The van der Waals surface area contributed by atoms with Crippen LogP contribution in [-0.4, -0.2) is 63.1 Å². The van der Waals surface area contributed by atoms with Gasteiger partial charge in [-0.05, 0) is 54.8 Å². The Morgan fingerprint density at radius 1 is 1.07 bits per heavy atom. The van der Waals surface area contributed by atoms with Crippen molar-refractivity contribution in [1.29, 1.82) is 0 Å². The third-order valence-electron chi connectivity index (χ3n) is 5.45. The van der Waals surface area contributed by atoms with Gasteiger partial charge in [0.15, 0.2) is 11.5 Å². The minimum Gasteiger partial charge on any atom is -0.496 e. The van der Waals surface area contributed by atoms with E-state index in [-0.39, 0.29) is 12.5 Å². The summed E-state index contributed by atoms with van der Waals surface area (Å²) in [6.45, 7) is 4.41. The van der Waals surface area contributed by atoms with E-state index in [0.717, 1.165) is 22.4 Å². The maximum atomic E-state index is 13.5. The van der Waals surface area contributed by atoms with E-state index in [2.05, 4.69) is 0 Å². The van der Waals surface area contributed by atoms with Crippen molar-refractivity contribution in [2.45, 2.75) is 26.0 Å². The topological polar surface area (TPSA) is 77.5 Å². The molecule has 0 aliphatic carbocycles. The fraction of sp³-hybridized carbons (Fsp3) is 0.435. The van der Waals surface area contributed by atoms with Gasteiger partial charge in [0.05, 0.1) is 40.6 Å². The van der Waals surface area contributed by atoms with Crippen LogP contribution in [0, 0.1) is 13.8 Å². The smallest absolute Gasteiger partial charge is 0.254 e. The van der Waals surface area contributed by atoms with Gasteiger partial charge in [0, 0.05) is 12.1 Å². The first-order valence-corrected chi connectivity index (χ1v) is 9.85. The molecule has 2 aromatic carbocycles. The lowest BCUT2D eigenvalue weighted by atomic mass is 9.96. The number of aliphatic hydroxyl groups excluding tert-OH is 1. The first-order chi connectivity index (χ1) is 14.4. The largest absolute Gasteiger partial charge is 0.496 e. The Balaban J connectivity index is 2.03. The third-order valence-corrected chi connectivity index (χ3v) is 5.45. The Kier molecular flexibility index (Phi) is 6.84. The summed E-state index contributed by atoms with van der Waals surface area (Å²) in [7, 11) is 4.76. The van der Waals surface area contributed by atoms with Gasteiger partial charge in [-0.15, -0.1) is 0 Å². The number of amides is 1. The number of aryl methyl sites for hydroxylation is 2. The van der Waals surface area contributed by atoms with E-state index in [1.807, 2.05) is 38.1 Å². The van der Waals surface area contributed by atoms with Crippen LogP contribution in [0.3, 0.4) is 0 Å². The molecular weight excluding hydrogens is 386 g/mol. The fourth-order valence-electron chi connectivity index (χ4n) is 4.11. The monoisotopic (exact) mass is 415 g/mol. The Hall–Kier alpha value is -2.77.